The second-order valence-electron chi connectivity index (χ2n) is 4.14. The third kappa shape index (κ3) is 1.90. The van der Waals surface area contributed by atoms with E-state index in [-0.39, 0.29) is 5.88 Å². The SMILES string of the molecule is CCn1c(O)c(C=C2C=Nc3cccnc32)[nH]c1=S. The number of pyridine rings is 1. The standard InChI is InChI=1S/C13H12N4OS/c1-2-17-12(18)10(16-13(17)19)6-8-7-15-9-4-3-5-14-11(8)9/h3-7,18H,2H2,1H3,(H,16,19). The molecule has 0 aliphatic carbocycles. The molecule has 2 N–H and O–H groups in total. The van der Waals surface area contributed by atoms with Crippen LogP contribution in [-0.4, -0.2) is 25.9 Å². The van der Waals surface area contributed by atoms with Crippen molar-refractivity contribution in [2.45, 2.75) is 13.5 Å². The average Bonchev–Trinajstić information content (AvgIpc) is 2.93. The highest BCUT2D eigenvalue weighted by molar-refractivity contribution is 7.71. The predicted molar refractivity (Wildman–Crippen MR) is 77.2 cm³/mol. The number of H-pyrrole nitrogens is 1. The van der Waals surface area contributed by atoms with Gasteiger partial charge in [0, 0.05) is 24.5 Å². The molecule has 3 rings (SSSR count). The Hall–Kier alpha value is -2.21. The summed E-state index contributed by atoms with van der Waals surface area (Å²) >= 11 is 5.15. The number of hydrogen-bond donors (Lipinski definition) is 2. The van der Waals surface area contributed by atoms with Crippen molar-refractivity contribution in [3.63, 3.8) is 0 Å². The number of rotatable bonds is 2. The summed E-state index contributed by atoms with van der Waals surface area (Å²) in [5, 5.41) is 10.1. The van der Waals surface area contributed by atoms with Crippen LogP contribution >= 0.6 is 12.2 Å². The summed E-state index contributed by atoms with van der Waals surface area (Å²) in [4.78, 5) is 11.5. The first-order chi connectivity index (χ1) is 9.20. The molecule has 0 atom stereocenters. The van der Waals surface area contributed by atoms with Gasteiger partial charge in [0.05, 0.1) is 11.4 Å². The zero-order valence-corrected chi connectivity index (χ0v) is 11.1. The number of hydrogen-bond acceptors (Lipinski definition) is 4. The van der Waals surface area contributed by atoms with Crippen molar-refractivity contribution in [1.82, 2.24) is 14.5 Å². The number of imidazole rings is 1. The van der Waals surface area contributed by atoms with Crippen LogP contribution in [0.3, 0.4) is 0 Å². The Labute approximate surface area is 115 Å². The maximum Gasteiger partial charge on any atom is 0.217 e. The summed E-state index contributed by atoms with van der Waals surface area (Å²) in [6, 6.07) is 3.75. The second-order valence-corrected chi connectivity index (χ2v) is 4.53. The normalized spacial score (nSPS) is 15.1. The molecule has 0 fully saturated rings. The van der Waals surface area contributed by atoms with Gasteiger partial charge >= 0.3 is 0 Å². The van der Waals surface area contributed by atoms with Crippen molar-refractivity contribution >= 4 is 35.8 Å². The van der Waals surface area contributed by atoms with Gasteiger partial charge in [0.1, 0.15) is 5.69 Å². The van der Waals surface area contributed by atoms with E-state index in [1.165, 1.54) is 0 Å². The van der Waals surface area contributed by atoms with Gasteiger partial charge in [-0.15, -0.1) is 0 Å². The van der Waals surface area contributed by atoms with Gasteiger partial charge in [0.15, 0.2) is 4.77 Å². The van der Waals surface area contributed by atoms with Gasteiger partial charge in [-0.05, 0) is 37.4 Å². The molecular weight excluding hydrogens is 260 g/mol. The highest BCUT2D eigenvalue weighted by atomic mass is 32.1. The Morgan fingerprint density at radius 3 is 3.11 bits per heavy atom. The maximum atomic E-state index is 10.1. The number of aromatic hydroxyl groups is 1. The molecular formula is C13H12N4OS. The van der Waals surface area contributed by atoms with E-state index in [9.17, 15) is 5.11 Å². The summed E-state index contributed by atoms with van der Waals surface area (Å²) in [5.41, 5.74) is 3.07. The quantitative estimate of drug-likeness (QED) is 0.826. The van der Waals surface area contributed by atoms with Crippen LogP contribution in [0.25, 0.3) is 11.6 Å². The van der Waals surface area contributed by atoms with Crippen molar-refractivity contribution in [3.8, 4) is 5.88 Å². The van der Waals surface area contributed by atoms with Crippen molar-refractivity contribution in [2.75, 3.05) is 0 Å². The zero-order chi connectivity index (χ0) is 13.4. The van der Waals surface area contributed by atoms with Crippen LogP contribution in [0.5, 0.6) is 5.88 Å². The monoisotopic (exact) mass is 272 g/mol. The molecule has 1 aliphatic rings. The van der Waals surface area contributed by atoms with E-state index in [2.05, 4.69) is 15.0 Å². The highest BCUT2D eigenvalue weighted by Crippen LogP contribution is 2.31. The Morgan fingerprint density at radius 2 is 2.37 bits per heavy atom. The molecule has 0 amide bonds. The van der Waals surface area contributed by atoms with Gasteiger partial charge in [-0.2, -0.15) is 0 Å². The van der Waals surface area contributed by atoms with Crippen molar-refractivity contribution in [3.05, 3.63) is 34.5 Å². The van der Waals surface area contributed by atoms with Gasteiger partial charge < -0.3 is 10.1 Å². The first-order valence-electron chi connectivity index (χ1n) is 5.93. The minimum atomic E-state index is 0.137. The van der Waals surface area contributed by atoms with Crippen molar-refractivity contribution in [1.29, 1.82) is 0 Å². The lowest BCUT2D eigenvalue weighted by atomic mass is 10.1. The zero-order valence-electron chi connectivity index (χ0n) is 10.3. The molecule has 0 saturated carbocycles. The van der Waals surface area contributed by atoms with Gasteiger partial charge in [-0.1, -0.05) is 0 Å². The summed E-state index contributed by atoms with van der Waals surface area (Å²) in [6.45, 7) is 2.54. The Balaban J connectivity index is 2.10. The number of aromatic nitrogens is 3. The van der Waals surface area contributed by atoms with Crippen molar-refractivity contribution < 1.29 is 5.11 Å². The molecule has 2 aromatic heterocycles. The Kier molecular flexibility index (Phi) is 2.79. The lowest BCUT2D eigenvalue weighted by molar-refractivity contribution is 0.419. The molecule has 1 aliphatic heterocycles. The Morgan fingerprint density at radius 1 is 1.53 bits per heavy atom. The minimum absolute atomic E-state index is 0.137. The first-order valence-corrected chi connectivity index (χ1v) is 6.34. The Bertz CT molecular complexity index is 754. The molecule has 0 saturated heterocycles. The van der Waals surface area contributed by atoms with Crippen LogP contribution in [0.1, 0.15) is 18.3 Å². The van der Waals surface area contributed by atoms with E-state index in [0.717, 1.165) is 17.0 Å². The topological polar surface area (TPSA) is 66.2 Å². The molecule has 0 spiro atoms. The van der Waals surface area contributed by atoms with E-state index in [4.69, 9.17) is 12.2 Å². The third-order valence-electron chi connectivity index (χ3n) is 3.00. The molecule has 0 unspecified atom stereocenters. The summed E-state index contributed by atoms with van der Waals surface area (Å²) in [7, 11) is 0. The molecule has 5 nitrogen and oxygen atoms in total. The minimum Gasteiger partial charge on any atom is -0.493 e. The molecule has 6 heteroatoms. The number of fused-ring (bicyclic) bond motifs is 1. The number of nitrogens with zero attached hydrogens (tertiary/aromatic N) is 3. The second kappa shape index (κ2) is 4.47. The van der Waals surface area contributed by atoms with Gasteiger partial charge in [0.2, 0.25) is 5.88 Å². The van der Waals surface area contributed by atoms with E-state index in [1.807, 2.05) is 19.1 Å². The lowest BCUT2D eigenvalue weighted by Crippen LogP contribution is -1.92. The van der Waals surface area contributed by atoms with E-state index in [1.54, 1.807) is 23.1 Å². The number of aromatic amines is 1. The summed E-state index contributed by atoms with van der Waals surface area (Å²) in [5.74, 6) is 0.137. The fourth-order valence-corrected chi connectivity index (χ4v) is 2.38. The third-order valence-corrected chi connectivity index (χ3v) is 3.32. The van der Waals surface area contributed by atoms with Gasteiger partial charge in [0.25, 0.3) is 0 Å². The summed E-state index contributed by atoms with van der Waals surface area (Å²) < 4.78 is 2.13. The largest absolute Gasteiger partial charge is 0.493 e. The van der Waals surface area contributed by atoms with E-state index < -0.39 is 0 Å². The molecule has 19 heavy (non-hydrogen) atoms. The smallest absolute Gasteiger partial charge is 0.217 e. The molecule has 96 valence electrons. The molecule has 0 radical (unpaired) electrons. The first kappa shape index (κ1) is 11.9. The van der Waals surface area contributed by atoms with Gasteiger partial charge in [-0.25, -0.2) is 0 Å². The van der Waals surface area contributed by atoms with Crippen LogP contribution < -0.4 is 0 Å². The molecule has 3 heterocycles. The molecule has 0 aromatic carbocycles. The van der Waals surface area contributed by atoms with Crippen LogP contribution in [0, 0.1) is 4.77 Å². The fourth-order valence-electron chi connectivity index (χ4n) is 2.06. The van der Waals surface area contributed by atoms with E-state index >= 15 is 0 Å². The molecule has 2 aromatic rings. The van der Waals surface area contributed by atoms with Crippen LogP contribution in [0.2, 0.25) is 0 Å². The maximum absolute atomic E-state index is 10.1. The van der Waals surface area contributed by atoms with Crippen LogP contribution in [0.4, 0.5) is 5.69 Å². The highest BCUT2D eigenvalue weighted by Gasteiger charge is 2.15. The number of nitrogens with one attached hydrogen (secondary N) is 1. The number of allylic oxidation sites excluding steroid dienone is 1. The van der Waals surface area contributed by atoms with Crippen molar-refractivity contribution in [2.24, 2.45) is 4.99 Å². The fraction of sp³-hybridized carbons (Fsp3) is 0.154. The lowest BCUT2D eigenvalue weighted by Gasteiger charge is -1.99. The average molecular weight is 272 g/mol. The van der Waals surface area contributed by atoms with Crippen LogP contribution in [0.15, 0.2) is 23.3 Å². The van der Waals surface area contributed by atoms with E-state index in [0.29, 0.717) is 17.0 Å². The predicted octanol–water partition coefficient (Wildman–Crippen LogP) is 2.92. The number of aliphatic imine (C=N–C) groups is 1. The molecule has 0 bridgehead atoms. The summed E-state index contributed by atoms with van der Waals surface area (Å²) in [6.07, 6.45) is 5.26. The van der Waals surface area contributed by atoms with Gasteiger partial charge in [-0.3, -0.25) is 14.5 Å². The van der Waals surface area contributed by atoms with Crippen LogP contribution in [-0.2, 0) is 6.54 Å².